The molecule has 1 aromatic carbocycles. The maximum Gasteiger partial charge on any atom is 0.251 e. The molecule has 32 heavy (non-hydrogen) atoms. The number of sulfonamides is 1. The number of aromatic nitrogens is 2. The summed E-state index contributed by atoms with van der Waals surface area (Å²) in [4.78, 5) is 33.5. The number of carbonyl (C=O) groups is 2. The van der Waals surface area contributed by atoms with Crippen LogP contribution in [0.2, 0.25) is 0 Å². The number of rotatable bonds is 6. The van der Waals surface area contributed by atoms with Gasteiger partial charge in [0.1, 0.15) is 16.3 Å². The third kappa shape index (κ3) is 4.30. The minimum absolute atomic E-state index is 0.161. The Morgan fingerprint density at radius 2 is 1.84 bits per heavy atom. The van der Waals surface area contributed by atoms with Gasteiger partial charge in [0, 0.05) is 49.5 Å². The molecule has 2 N–H and O–H groups in total. The van der Waals surface area contributed by atoms with Crippen molar-refractivity contribution in [2.45, 2.75) is 4.90 Å². The van der Waals surface area contributed by atoms with Crippen molar-refractivity contribution in [1.29, 1.82) is 0 Å². The van der Waals surface area contributed by atoms with Crippen LogP contribution in [-0.2, 0) is 14.8 Å². The van der Waals surface area contributed by atoms with E-state index in [1.54, 1.807) is 47.5 Å². The molecule has 0 atom stereocenters. The molecule has 1 aliphatic heterocycles. The normalized spacial score (nSPS) is 15.0. The van der Waals surface area contributed by atoms with Crippen LogP contribution in [0, 0.1) is 0 Å². The number of aromatic amines is 1. The SMILES string of the molecule is COc1ccc(C(=O)NCC(=O)N2CCN(S(=O)(=O)c3c[nH]c4ncccc34)CC2)cc1. The summed E-state index contributed by atoms with van der Waals surface area (Å²) >= 11 is 0. The number of nitrogens with one attached hydrogen (secondary N) is 2. The molecule has 3 heterocycles. The van der Waals surface area contributed by atoms with Gasteiger partial charge < -0.3 is 19.9 Å². The number of nitrogens with zero attached hydrogens (tertiary/aromatic N) is 3. The van der Waals surface area contributed by atoms with E-state index < -0.39 is 10.0 Å². The number of hydrogen-bond acceptors (Lipinski definition) is 6. The lowest BCUT2D eigenvalue weighted by Gasteiger charge is -2.34. The largest absolute Gasteiger partial charge is 0.497 e. The van der Waals surface area contributed by atoms with Crippen LogP contribution in [0.15, 0.2) is 53.7 Å². The predicted octanol–water partition coefficient (Wildman–Crippen LogP) is 0.834. The van der Waals surface area contributed by atoms with Crippen LogP contribution in [0.1, 0.15) is 10.4 Å². The summed E-state index contributed by atoms with van der Waals surface area (Å²) in [6.07, 6.45) is 3.03. The van der Waals surface area contributed by atoms with E-state index >= 15 is 0 Å². The minimum atomic E-state index is -3.72. The molecule has 0 spiro atoms. The van der Waals surface area contributed by atoms with Gasteiger partial charge in [-0.3, -0.25) is 9.59 Å². The van der Waals surface area contributed by atoms with Crippen molar-refractivity contribution in [3.05, 3.63) is 54.4 Å². The van der Waals surface area contributed by atoms with E-state index in [4.69, 9.17) is 4.74 Å². The van der Waals surface area contributed by atoms with Gasteiger partial charge in [-0.25, -0.2) is 13.4 Å². The van der Waals surface area contributed by atoms with Crippen molar-refractivity contribution in [2.75, 3.05) is 39.8 Å². The monoisotopic (exact) mass is 457 g/mol. The van der Waals surface area contributed by atoms with Crippen LogP contribution in [0.5, 0.6) is 5.75 Å². The highest BCUT2D eigenvalue weighted by atomic mass is 32.2. The molecular weight excluding hydrogens is 434 g/mol. The first-order valence-corrected chi connectivity index (χ1v) is 11.5. The fourth-order valence-corrected chi connectivity index (χ4v) is 5.15. The molecule has 1 fully saturated rings. The van der Waals surface area contributed by atoms with Gasteiger partial charge in [0.15, 0.2) is 0 Å². The number of piperazine rings is 1. The molecule has 0 unspecified atom stereocenters. The highest BCUT2D eigenvalue weighted by Gasteiger charge is 2.32. The van der Waals surface area contributed by atoms with Gasteiger partial charge >= 0.3 is 0 Å². The van der Waals surface area contributed by atoms with Gasteiger partial charge in [-0.2, -0.15) is 4.31 Å². The highest BCUT2D eigenvalue weighted by Crippen LogP contribution is 2.25. The van der Waals surface area contributed by atoms with Gasteiger partial charge in [-0.1, -0.05) is 0 Å². The smallest absolute Gasteiger partial charge is 0.251 e. The zero-order valence-corrected chi connectivity index (χ0v) is 18.3. The summed E-state index contributed by atoms with van der Waals surface area (Å²) in [5.41, 5.74) is 0.926. The Morgan fingerprint density at radius 3 is 2.53 bits per heavy atom. The van der Waals surface area contributed by atoms with Crippen LogP contribution >= 0.6 is 0 Å². The second-order valence-electron chi connectivity index (χ2n) is 7.25. The van der Waals surface area contributed by atoms with E-state index in [0.717, 1.165) is 0 Å². The average molecular weight is 458 g/mol. The summed E-state index contributed by atoms with van der Waals surface area (Å²) in [5.74, 6) is 0.00437. The summed E-state index contributed by atoms with van der Waals surface area (Å²) < 4.78 is 32.6. The molecule has 4 rings (SSSR count). The van der Waals surface area contributed by atoms with Gasteiger partial charge in [-0.05, 0) is 36.4 Å². The second-order valence-corrected chi connectivity index (χ2v) is 9.15. The topological polar surface area (TPSA) is 125 Å². The Labute approximate surface area is 185 Å². The molecular formula is C21H23N5O5S. The summed E-state index contributed by atoms with van der Waals surface area (Å²) in [6.45, 7) is 0.681. The van der Waals surface area contributed by atoms with Crippen LogP contribution < -0.4 is 10.1 Å². The van der Waals surface area contributed by atoms with Crippen LogP contribution in [0.3, 0.4) is 0 Å². The molecule has 10 nitrogen and oxygen atoms in total. The molecule has 0 bridgehead atoms. The van der Waals surface area contributed by atoms with Gasteiger partial charge in [-0.15, -0.1) is 0 Å². The second kappa shape index (κ2) is 8.97. The van der Waals surface area contributed by atoms with E-state index in [-0.39, 0.29) is 49.4 Å². The summed E-state index contributed by atoms with van der Waals surface area (Å²) in [6, 6.07) is 9.95. The molecule has 1 aliphatic rings. The Balaban J connectivity index is 1.32. The lowest BCUT2D eigenvalue weighted by molar-refractivity contribution is -0.131. The minimum Gasteiger partial charge on any atom is -0.497 e. The zero-order chi connectivity index (χ0) is 22.7. The van der Waals surface area contributed by atoms with E-state index in [2.05, 4.69) is 15.3 Å². The zero-order valence-electron chi connectivity index (χ0n) is 17.4. The van der Waals surface area contributed by atoms with Crippen molar-refractivity contribution >= 4 is 32.9 Å². The molecule has 2 amide bonds. The van der Waals surface area contributed by atoms with Crippen molar-refractivity contribution in [3.8, 4) is 5.75 Å². The summed E-state index contributed by atoms with van der Waals surface area (Å²) in [7, 11) is -2.18. The van der Waals surface area contributed by atoms with E-state index in [9.17, 15) is 18.0 Å². The van der Waals surface area contributed by atoms with Crippen LogP contribution in [-0.4, -0.2) is 79.2 Å². The number of ether oxygens (including phenoxy) is 1. The highest BCUT2D eigenvalue weighted by molar-refractivity contribution is 7.89. The maximum atomic E-state index is 13.1. The number of carbonyl (C=O) groups excluding carboxylic acids is 2. The molecule has 3 aromatic rings. The fraction of sp³-hybridized carbons (Fsp3) is 0.286. The number of fused-ring (bicyclic) bond motifs is 1. The molecule has 1 saturated heterocycles. The van der Waals surface area contributed by atoms with Crippen LogP contribution in [0.4, 0.5) is 0 Å². The molecule has 0 radical (unpaired) electrons. The Bertz CT molecular complexity index is 1230. The number of amides is 2. The maximum absolute atomic E-state index is 13.1. The van der Waals surface area contributed by atoms with Crippen molar-refractivity contribution < 1.29 is 22.7 Å². The molecule has 2 aromatic heterocycles. The van der Waals surface area contributed by atoms with E-state index in [1.807, 2.05) is 0 Å². The first-order chi connectivity index (χ1) is 15.4. The number of hydrogen-bond donors (Lipinski definition) is 2. The lowest BCUT2D eigenvalue weighted by Crippen LogP contribution is -2.52. The number of H-pyrrole nitrogens is 1. The Kier molecular flexibility index (Phi) is 6.10. The first kappa shape index (κ1) is 21.8. The number of methoxy groups -OCH3 is 1. The standard InChI is InChI=1S/C21H23N5O5S/c1-31-16-6-4-15(5-7-16)21(28)24-14-19(27)25-9-11-26(12-10-25)32(29,30)18-13-23-20-17(18)3-2-8-22-20/h2-8,13H,9-12,14H2,1H3,(H,22,23)(H,24,28). The molecule has 168 valence electrons. The van der Waals surface area contributed by atoms with Gasteiger partial charge in [0.05, 0.1) is 13.7 Å². The third-order valence-corrected chi connectivity index (χ3v) is 7.31. The van der Waals surface area contributed by atoms with Crippen molar-refractivity contribution in [2.24, 2.45) is 0 Å². The molecule has 11 heteroatoms. The molecule has 0 saturated carbocycles. The van der Waals surface area contributed by atoms with Crippen molar-refractivity contribution in [1.82, 2.24) is 24.5 Å². The van der Waals surface area contributed by atoms with E-state index in [1.165, 1.54) is 17.6 Å². The number of benzene rings is 1. The predicted molar refractivity (Wildman–Crippen MR) is 117 cm³/mol. The van der Waals surface area contributed by atoms with Crippen molar-refractivity contribution in [3.63, 3.8) is 0 Å². The van der Waals surface area contributed by atoms with Crippen LogP contribution in [0.25, 0.3) is 11.0 Å². The quantitative estimate of drug-likeness (QED) is 0.565. The first-order valence-electron chi connectivity index (χ1n) is 10.0. The lowest BCUT2D eigenvalue weighted by atomic mass is 10.2. The average Bonchev–Trinajstić information content (AvgIpc) is 3.27. The van der Waals surface area contributed by atoms with E-state index in [0.29, 0.717) is 22.3 Å². The van der Waals surface area contributed by atoms with Gasteiger partial charge in [0.2, 0.25) is 15.9 Å². The fourth-order valence-electron chi connectivity index (χ4n) is 3.57. The Hall–Kier alpha value is -3.44. The molecule has 0 aliphatic carbocycles. The number of pyridine rings is 1. The third-order valence-electron chi connectivity index (χ3n) is 5.37. The Morgan fingerprint density at radius 1 is 1.12 bits per heavy atom. The van der Waals surface area contributed by atoms with Gasteiger partial charge in [0.25, 0.3) is 5.91 Å². The summed E-state index contributed by atoms with van der Waals surface area (Å²) in [5, 5.41) is 3.14.